The first kappa shape index (κ1) is 46.4. The molecule has 0 bridgehead atoms. The molecule has 0 aliphatic carbocycles. The number of aromatic hydroxyl groups is 1. The van der Waals surface area contributed by atoms with Crippen LogP contribution in [0.2, 0.25) is 0 Å². The van der Waals surface area contributed by atoms with Gasteiger partial charge in [0.1, 0.15) is 30.0 Å². The summed E-state index contributed by atoms with van der Waals surface area (Å²) in [7, 11) is 0. The zero-order chi connectivity index (χ0) is 41.9. The van der Waals surface area contributed by atoms with E-state index in [0.717, 1.165) is 25.7 Å². The summed E-state index contributed by atoms with van der Waals surface area (Å²) in [6.07, 6.45) is 8.52. The van der Waals surface area contributed by atoms with Crippen LogP contribution in [0.15, 0.2) is 41.4 Å². The van der Waals surface area contributed by atoms with Crippen molar-refractivity contribution < 1.29 is 58.9 Å². The maximum absolute atomic E-state index is 13.7. The molecule has 6 N–H and O–H groups in total. The van der Waals surface area contributed by atoms with Crippen LogP contribution >= 0.6 is 0 Å². The summed E-state index contributed by atoms with van der Waals surface area (Å²) in [5, 5.41) is 45.8. The van der Waals surface area contributed by atoms with Crippen molar-refractivity contribution >= 4 is 41.5 Å². The summed E-state index contributed by atoms with van der Waals surface area (Å²) in [5.74, 6) is -4.93. The number of rotatable bonds is 23. The van der Waals surface area contributed by atoms with E-state index in [4.69, 9.17) is 14.6 Å². The van der Waals surface area contributed by atoms with Gasteiger partial charge in [0.25, 0.3) is 11.8 Å². The second kappa shape index (κ2) is 23.9. The van der Waals surface area contributed by atoms with Crippen molar-refractivity contribution in [1.82, 2.24) is 20.8 Å². The maximum Gasteiger partial charge on any atom is 0.328 e. The Kier molecular flexibility index (Phi) is 19.4. The van der Waals surface area contributed by atoms with Crippen LogP contribution in [-0.4, -0.2) is 116 Å². The van der Waals surface area contributed by atoms with Crippen LogP contribution in [0.5, 0.6) is 5.75 Å². The molecule has 1 aromatic carbocycles. The second-order valence-electron chi connectivity index (χ2n) is 14.5. The lowest BCUT2D eigenvalue weighted by atomic mass is 10.00. The third-order valence-electron chi connectivity index (χ3n) is 10.0. The molecule has 1 saturated heterocycles. The molecule has 0 saturated carbocycles. The number of phenols is 1. The predicted octanol–water partition coefficient (Wildman–Crippen LogP) is 4.01. The van der Waals surface area contributed by atoms with Crippen LogP contribution in [0, 0.1) is 5.92 Å². The number of nitrogens with one attached hydrogen (secondary N) is 2. The van der Waals surface area contributed by atoms with Crippen molar-refractivity contribution in [3.05, 3.63) is 42.0 Å². The average molecular weight is 802 g/mol. The number of ether oxygens (including phenoxy) is 2. The van der Waals surface area contributed by atoms with Gasteiger partial charge < -0.3 is 30.3 Å². The molecule has 2 heterocycles. The number of aliphatic imine (C=N–C) groups is 1. The standard InChI is InChI=1S/C40H59N5O12/c1-4-32(26(2)36(50)41-29-19-14-17-25-45(55)39(29)52)57-40(53)30(42-37(51)35-27(3)56-38(43-35)28-18-12-13-21-31(28)46)20-15-16-24-44(54)33(47)22-10-8-6-5-7-9-11-23-34(48)49/h10,12-13,18,21-22,26-27,29-30,32,35,46,54-55H,4-9,11,14-17,19-20,23-25H2,1-3H3,(H,41,50)(H,42,51)(H,48,49)/b22-10-. The van der Waals surface area contributed by atoms with E-state index in [9.17, 15) is 44.3 Å². The van der Waals surface area contributed by atoms with E-state index in [2.05, 4.69) is 15.6 Å². The van der Waals surface area contributed by atoms with Crippen molar-refractivity contribution in [2.24, 2.45) is 10.9 Å². The summed E-state index contributed by atoms with van der Waals surface area (Å²) >= 11 is 0. The number of benzene rings is 1. The largest absolute Gasteiger partial charge is 0.507 e. The van der Waals surface area contributed by atoms with Crippen LogP contribution in [0.4, 0.5) is 0 Å². The number of esters is 1. The molecule has 1 fully saturated rings. The molecular weight excluding hydrogens is 742 g/mol. The van der Waals surface area contributed by atoms with E-state index in [1.807, 2.05) is 0 Å². The van der Waals surface area contributed by atoms with Gasteiger partial charge in [0.2, 0.25) is 17.7 Å². The molecule has 0 aromatic heterocycles. The lowest BCUT2D eigenvalue weighted by Crippen LogP contribution is -2.51. The topological polar surface area (TPSA) is 245 Å². The van der Waals surface area contributed by atoms with Crippen molar-refractivity contribution in [1.29, 1.82) is 0 Å². The molecule has 17 heteroatoms. The van der Waals surface area contributed by atoms with Gasteiger partial charge >= 0.3 is 11.9 Å². The van der Waals surface area contributed by atoms with Crippen LogP contribution < -0.4 is 10.6 Å². The Morgan fingerprint density at radius 2 is 1.79 bits per heavy atom. The number of para-hydroxylation sites is 1. The number of phenolic OH excluding ortho intramolecular Hbond substituents is 1. The molecule has 4 amide bonds. The van der Waals surface area contributed by atoms with Gasteiger partial charge in [-0.3, -0.25) is 34.4 Å². The molecule has 57 heavy (non-hydrogen) atoms. The van der Waals surface area contributed by atoms with Crippen molar-refractivity contribution in [3.63, 3.8) is 0 Å². The van der Waals surface area contributed by atoms with E-state index in [0.29, 0.717) is 47.8 Å². The molecule has 0 radical (unpaired) electrons. The normalized spacial score (nSPS) is 19.8. The monoisotopic (exact) mass is 801 g/mol. The summed E-state index contributed by atoms with van der Waals surface area (Å²) in [5.41, 5.74) is 0.300. The van der Waals surface area contributed by atoms with Crippen molar-refractivity contribution in [3.8, 4) is 5.75 Å². The number of hydrogen-bond donors (Lipinski definition) is 6. The number of carbonyl (C=O) groups is 6. The van der Waals surface area contributed by atoms with E-state index in [1.165, 1.54) is 12.1 Å². The van der Waals surface area contributed by atoms with E-state index in [1.54, 1.807) is 45.0 Å². The van der Waals surface area contributed by atoms with Crippen LogP contribution in [0.3, 0.4) is 0 Å². The first-order chi connectivity index (χ1) is 27.2. The zero-order valence-corrected chi connectivity index (χ0v) is 33.1. The minimum atomic E-state index is -1.21. The second-order valence-corrected chi connectivity index (χ2v) is 14.5. The number of hydroxylamine groups is 4. The van der Waals surface area contributed by atoms with Crippen molar-refractivity contribution in [2.45, 2.75) is 141 Å². The van der Waals surface area contributed by atoms with Crippen molar-refractivity contribution in [2.75, 3.05) is 13.1 Å². The predicted molar refractivity (Wildman–Crippen MR) is 206 cm³/mol. The van der Waals surface area contributed by atoms with Gasteiger partial charge in [-0.05, 0) is 83.3 Å². The van der Waals surface area contributed by atoms with Gasteiger partial charge in [-0.2, -0.15) is 0 Å². The Hall–Kier alpha value is -5.03. The molecule has 2 aliphatic heterocycles. The van der Waals surface area contributed by atoms with Gasteiger partial charge in [-0.15, -0.1) is 0 Å². The molecule has 3 rings (SSSR count). The number of amides is 4. The van der Waals surface area contributed by atoms with Crippen LogP contribution in [-0.2, 0) is 38.2 Å². The first-order valence-electron chi connectivity index (χ1n) is 20.0. The maximum atomic E-state index is 13.7. The molecule has 1 aromatic rings. The third kappa shape index (κ3) is 15.1. The Bertz CT molecular complexity index is 1590. The van der Waals surface area contributed by atoms with E-state index in [-0.39, 0.29) is 56.8 Å². The molecule has 6 atom stereocenters. The highest BCUT2D eigenvalue weighted by atomic mass is 16.5. The Balaban J connectivity index is 1.61. The quantitative estimate of drug-likeness (QED) is 0.0302. The molecule has 2 aliphatic rings. The van der Waals surface area contributed by atoms with Crippen LogP contribution in [0.25, 0.3) is 0 Å². The molecule has 316 valence electrons. The smallest absolute Gasteiger partial charge is 0.328 e. The Labute approximate surface area is 333 Å². The van der Waals surface area contributed by atoms with E-state index >= 15 is 0 Å². The number of carboxylic acid groups (broad SMARTS) is 1. The first-order valence-corrected chi connectivity index (χ1v) is 20.0. The van der Waals surface area contributed by atoms with Gasteiger partial charge in [0.05, 0.1) is 11.5 Å². The number of unbranched alkanes of at least 4 members (excludes halogenated alkanes) is 6. The minimum absolute atomic E-state index is 0.0484. The fourth-order valence-electron chi connectivity index (χ4n) is 6.53. The summed E-state index contributed by atoms with van der Waals surface area (Å²) in [6.45, 7) is 5.02. The van der Waals surface area contributed by atoms with Gasteiger partial charge in [0.15, 0.2) is 6.04 Å². The number of hydrogen-bond acceptors (Lipinski definition) is 12. The summed E-state index contributed by atoms with van der Waals surface area (Å²) < 4.78 is 11.6. The number of aliphatic carboxylic acids is 1. The number of nitrogens with zero attached hydrogens (tertiary/aromatic N) is 3. The fraction of sp³-hybridized carbons (Fsp3) is 0.625. The minimum Gasteiger partial charge on any atom is -0.507 e. The highest BCUT2D eigenvalue weighted by Crippen LogP contribution is 2.25. The van der Waals surface area contributed by atoms with Gasteiger partial charge in [-0.1, -0.05) is 51.3 Å². The lowest BCUT2D eigenvalue weighted by molar-refractivity contribution is -0.167. The van der Waals surface area contributed by atoms with E-state index < -0.39 is 71.8 Å². The summed E-state index contributed by atoms with van der Waals surface area (Å²) in [6, 6.07) is 3.16. The Morgan fingerprint density at radius 3 is 2.51 bits per heavy atom. The lowest BCUT2D eigenvalue weighted by Gasteiger charge is -2.27. The van der Waals surface area contributed by atoms with Crippen LogP contribution in [0.1, 0.15) is 116 Å². The van der Waals surface area contributed by atoms with Gasteiger partial charge in [-0.25, -0.2) is 19.9 Å². The van der Waals surface area contributed by atoms with Gasteiger partial charge in [0, 0.05) is 25.6 Å². The number of allylic oxidation sites excluding steroid dienone is 1. The Morgan fingerprint density at radius 1 is 1.07 bits per heavy atom. The molecular formula is C40H59N5O12. The molecule has 0 spiro atoms. The molecule has 17 nitrogen and oxygen atoms in total. The average Bonchev–Trinajstić information content (AvgIpc) is 3.50. The molecule has 6 unspecified atom stereocenters. The highest BCUT2D eigenvalue weighted by molar-refractivity contribution is 6.01. The third-order valence-corrected chi connectivity index (χ3v) is 10.0. The number of carboxylic acids is 1. The highest BCUT2D eigenvalue weighted by Gasteiger charge is 2.38. The summed E-state index contributed by atoms with van der Waals surface area (Å²) in [4.78, 5) is 80.5. The number of carbonyl (C=O) groups excluding carboxylic acids is 5. The fourth-order valence-corrected chi connectivity index (χ4v) is 6.53. The zero-order valence-electron chi connectivity index (χ0n) is 33.1. The SMILES string of the molecule is CCC(OC(=O)C(CCCCN(O)C(=O)/C=C\CCCCCCCC(=O)O)NC(=O)C1N=C(c2ccccc2O)OC1C)C(C)C(=O)NC1CCCCN(O)C1=O.